The molecule has 1 aromatic heterocycles. The Bertz CT molecular complexity index is 647. The lowest BCUT2D eigenvalue weighted by Crippen LogP contribution is -2.38. The molecule has 0 aliphatic carbocycles. The molecule has 5 nitrogen and oxygen atoms in total. The van der Waals surface area contributed by atoms with E-state index in [1.54, 1.807) is 7.11 Å². The second-order valence-corrected chi connectivity index (χ2v) is 6.05. The molecule has 2 bridgehead atoms. The van der Waals surface area contributed by atoms with E-state index in [0.717, 1.165) is 36.0 Å². The highest BCUT2D eigenvalue weighted by molar-refractivity contribution is 5.63. The maximum absolute atomic E-state index is 5.59. The second kappa shape index (κ2) is 5.65. The molecule has 2 aromatic rings. The second-order valence-electron chi connectivity index (χ2n) is 6.05. The summed E-state index contributed by atoms with van der Waals surface area (Å²) in [6.07, 6.45) is 2.45. The van der Waals surface area contributed by atoms with E-state index >= 15 is 0 Å². The molecule has 0 saturated carbocycles. The van der Waals surface area contributed by atoms with Gasteiger partial charge in [0.2, 0.25) is 0 Å². The Hall–Kier alpha value is -2.01. The van der Waals surface area contributed by atoms with Crippen LogP contribution in [0.1, 0.15) is 12.8 Å². The van der Waals surface area contributed by atoms with Gasteiger partial charge < -0.3 is 19.1 Å². The lowest BCUT2D eigenvalue weighted by Gasteiger charge is -2.30. The van der Waals surface area contributed by atoms with E-state index in [-0.39, 0.29) is 0 Å². The quantitative estimate of drug-likeness (QED) is 0.871. The van der Waals surface area contributed by atoms with Crippen LogP contribution in [-0.2, 0) is 0 Å². The van der Waals surface area contributed by atoms with Gasteiger partial charge in [-0.1, -0.05) is 17.3 Å². The number of anilines is 1. The van der Waals surface area contributed by atoms with E-state index in [9.17, 15) is 0 Å². The molecule has 3 aliphatic heterocycles. The highest BCUT2D eigenvalue weighted by Crippen LogP contribution is 2.30. The first kappa shape index (κ1) is 13.6. The molecule has 0 amide bonds. The molecule has 0 unspecified atom stereocenters. The number of ether oxygens (including phenoxy) is 1. The third-order valence-corrected chi connectivity index (χ3v) is 4.80. The van der Waals surface area contributed by atoms with Gasteiger partial charge >= 0.3 is 0 Å². The molecule has 5 heteroatoms. The van der Waals surface area contributed by atoms with Crippen LogP contribution in [0.2, 0.25) is 0 Å². The Balaban J connectivity index is 1.60. The van der Waals surface area contributed by atoms with Gasteiger partial charge in [0, 0.05) is 43.9 Å². The predicted molar refractivity (Wildman–Crippen MR) is 85.3 cm³/mol. The zero-order valence-electron chi connectivity index (χ0n) is 12.9. The molecule has 0 N–H and O–H groups in total. The fraction of sp³-hybridized carbons (Fsp3) is 0.471. The molecule has 3 saturated heterocycles. The maximum Gasteiger partial charge on any atom is 0.172 e. The van der Waals surface area contributed by atoms with Crippen molar-refractivity contribution >= 4 is 5.82 Å². The van der Waals surface area contributed by atoms with Gasteiger partial charge in [-0.3, -0.25) is 0 Å². The van der Waals surface area contributed by atoms with Crippen LogP contribution in [-0.4, -0.2) is 49.4 Å². The fourth-order valence-electron chi connectivity index (χ4n) is 3.50. The number of benzene rings is 1. The van der Waals surface area contributed by atoms with Crippen LogP contribution >= 0.6 is 0 Å². The first-order valence-electron chi connectivity index (χ1n) is 7.93. The first-order valence-corrected chi connectivity index (χ1v) is 7.93. The summed E-state index contributed by atoms with van der Waals surface area (Å²) in [5.74, 6) is 2.59. The number of hydrogen-bond acceptors (Lipinski definition) is 5. The third-order valence-electron chi connectivity index (χ3n) is 4.80. The number of hydrogen-bond donors (Lipinski definition) is 0. The predicted octanol–water partition coefficient (Wildman–Crippen LogP) is 2.63. The van der Waals surface area contributed by atoms with Crippen molar-refractivity contribution in [1.29, 1.82) is 0 Å². The van der Waals surface area contributed by atoms with Crippen LogP contribution in [0.3, 0.4) is 0 Å². The van der Waals surface area contributed by atoms with Crippen molar-refractivity contribution in [3.63, 3.8) is 0 Å². The molecular formula is C17H21N3O2. The highest BCUT2D eigenvalue weighted by Gasteiger charge is 2.30. The summed E-state index contributed by atoms with van der Waals surface area (Å²) >= 11 is 0. The molecule has 22 heavy (non-hydrogen) atoms. The summed E-state index contributed by atoms with van der Waals surface area (Å²) < 4.78 is 10.9. The minimum absolute atomic E-state index is 0.599. The SMILES string of the molecule is COc1cccc(-c2cc(N3CCN4CCC3CC4)no2)c1. The molecule has 0 radical (unpaired) electrons. The van der Waals surface area contributed by atoms with Gasteiger partial charge in [-0.2, -0.15) is 0 Å². The topological polar surface area (TPSA) is 41.7 Å². The number of rotatable bonds is 3. The standard InChI is InChI=1S/C17H21N3O2/c1-21-15-4-2-3-13(11-15)16-12-17(18-22-16)20-10-9-19-7-5-14(20)6-8-19/h2-4,11-12,14H,5-10H2,1H3. The van der Waals surface area contributed by atoms with Gasteiger partial charge in [0.25, 0.3) is 0 Å². The van der Waals surface area contributed by atoms with Crippen molar-refractivity contribution in [1.82, 2.24) is 10.1 Å². The lowest BCUT2D eigenvalue weighted by atomic mass is 10.1. The van der Waals surface area contributed by atoms with Gasteiger partial charge in [0.1, 0.15) is 5.75 Å². The number of aromatic nitrogens is 1. The van der Waals surface area contributed by atoms with Crippen LogP contribution in [0.15, 0.2) is 34.9 Å². The van der Waals surface area contributed by atoms with Crippen molar-refractivity contribution in [2.45, 2.75) is 18.9 Å². The molecule has 0 atom stereocenters. The van der Waals surface area contributed by atoms with Crippen molar-refractivity contribution in [2.24, 2.45) is 0 Å². The van der Waals surface area contributed by atoms with E-state index in [0.29, 0.717) is 6.04 Å². The van der Waals surface area contributed by atoms with Gasteiger partial charge in [0.05, 0.1) is 7.11 Å². The smallest absolute Gasteiger partial charge is 0.172 e. The Morgan fingerprint density at radius 3 is 2.82 bits per heavy atom. The fourth-order valence-corrected chi connectivity index (χ4v) is 3.50. The minimum atomic E-state index is 0.599. The molecular weight excluding hydrogens is 278 g/mol. The molecule has 4 heterocycles. The molecule has 5 rings (SSSR count). The van der Waals surface area contributed by atoms with Crippen LogP contribution in [0.5, 0.6) is 5.75 Å². The molecule has 3 aliphatic rings. The van der Waals surface area contributed by atoms with Crippen LogP contribution in [0, 0.1) is 0 Å². The number of piperidine rings is 1. The molecule has 0 spiro atoms. The zero-order valence-corrected chi connectivity index (χ0v) is 12.9. The Kier molecular flexibility index (Phi) is 3.50. The number of methoxy groups -OCH3 is 1. The summed E-state index contributed by atoms with van der Waals surface area (Å²) in [6, 6.07) is 10.6. The summed E-state index contributed by atoms with van der Waals surface area (Å²) in [5, 5.41) is 4.32. The first-order chi connectivity index (χ1) is 10.8. The Labute approximate surface area is 130 Å². The van der Waals surface area contributed by atoms with Gasteiger partial charge in [-0.15, -0.1) is 0 Å². The van der Waals surface area contributed by atoms with Crippen LogP contribution in [0.4, 0.5) is 5.82 Å². The summed E-state index contributed by atoms with van der Waals surface area (Å²) in [7, 11) is 1.67. The molecule has 116 valence electrons. The average Bonchev–Trinajstić information content (AvgIpc) is 2.88. The van der Waals surface area contributed by atoms with Crippen molar-refractivity contribution in [2.75, 3.05) is 38.2 Å². The van der Waals surface area contributed by atoms with Gasteiger partial charge in [0.15, 0.2) is 11.6 Å². The van der Waals surface area contributed by atoms with E-state index in [1.165, 1.54) is 25.9 Å². The summed E-state index contributed by atoms with van der Waals surface area (Å²) in [6.45, 7) is 4.58. The van der Waals surface area contributed by atoms with E-state index in [4.69, 9.17) is 9.26 Å². The van der Waals surface area contributed by atoms with Crippen molar-refractivity contribution in [3.8, 4) is 17.1 Å². The highest BCUT2D eigenvalue weighted by atomic mass is 16.5. The Morgan fingerprint density at radius 1 is 1.14 bits per heavy atom. The van der Waals surface area contributed by atoms with E-state index < -0.39 is 0 Å². The third kappa shape index (κ3) is 2.46. The lowest BCUT2D eigenvalue weighted by molar-refractivity contribution is 0.250. The van der Waals surface area contributed by atoms with E-state index in [1.807, 2.05) is 24.3 Å². The van der Waals surface area contributed by atoms with Gasteiger partial charge in [-0.25, -0.2) is 0 Å². The monoisotopic (exact) mass is 299 g/mol. The van der Waals surface area contributed by atoms with Crippen LogP contribution < -0.4 is 9.64 Å². The number of fused-ring (bicyclic) bond motifs is 4. The van der Waals surface area contributed by atoms with E-state index in [2.05, 4.69) is 21.0 Å². The van der Waals surface area contributed by atoms with Crippen molar-refractivity contribution in [3.05, 3.63) is 30.3 Å². The number of nitrogens with zero attached hydrogens (tertiary/aromatic N) is 3. The molecule has 3 fully saturated rings. The maximum atomic E-state index is 5.59. The zero-order chi connectivity index (χ0) is 14.9. The average molecular weight is 299 g/mol. The van der Waals surface area contributed by atoms with Crippen molar-refractivity contribution < 1.29 is 9.26 Å². The largest absolute Gasteiger partial charge is 0.497 e. The van der Waals surface area contributed by atoms with Gasteiger partial charge in [-0.05, 0) is 25.0 Å². The summed E-state index contributed by atoms with van der Waals surface area (Å²) in [5.41, 5.74) is 1.00. The summed E-state index contributed by atoms with van der Waals surface area (Å²) in [4.78, 5) is 4.96. The Morgan fingerprint density at radius 2 is 2.00 bits per heavy atom. The minimum Gasteiger partial charge on any atom is -0.497 e. The normalized spacial score (nSPS) is 24.3. The van der Waals surface area contributed by atoms with Crippen LogP contribution in [0.25, 0.3) is 11.3 Å². The molecule has 1 aromatic carbocycles.